The third-order valence-corrected chi connectivity index (χ3v) is 3.21. The van der Waals surface area contributed by atoms with Gasteiger partial charge in [0, 0.05) is 16.8 Å². The molecule has 73 valence electrons. The molecule has 0 aromatic carbocycles. The zero-order chi connectivity index (χ0) is 9.52. The van der Waals surface area contributed by atoms with Crippen LogP contribution in [0.4, 0.5) is 0 Å². The molecule has 13 heavy (non-hydrogen) atoms. The molecule has 0 saturated carbocycles. The molecule has 0 spiro atoms. The van der Waals surface area contributed by atoms with Crippen molar-refractivity contribution in [3.63, 3.8) is 0 Å². The molecule has 0 saturated heterocycles. The normalized spacial score (nSPS) is 11.0. The zero-order valence-electron chi connectivity index (χ0n) is 8.47. The van der Waals surface area contributed by atoms with E-state index in [1.54, 1.807) is 11.3 Å². The van der Waals surface area contributed by atoms with Crippen LogP contribution in [0.5, 0.6) is 0 Å². The van der Waals surface area contributed by atoms with Gasteiger partial charge in [-0.3, -0.25) is 0 Å². The molecular weight excluding hydrogens is 178 g/mol. The van der Waals surface area contributed by atoms with Crippen LogP contribution in [0.2, 0.25) is 0 Å². The van der Waals surface area contributed by atoms with E-state index in [9.17, 15) is 0 Å². The SMILES string of the molecule is CCC(CC)CNCc1cc[c]s1. The van der Waals surface area contributed by atoms with Crippen LogP contribution >= 0.6 is 11.3 Å². The van der Waals surface area contributed by atoms with E-state index < -0.39 is 0 Å². The van der Waals surface area contributed by atoms with Crippen molar-refractivity contribution in [2.24, 2.45) is 5.92 Å². The molecule has 2 heteroatoms. The quantitative estimate of drug-likeness (QED) is 0.737. The van der Waals surface area contributed by atoms with Crippen molar-refractivity contribution in [1.82, 2.24) is 5.32 Å². The smallest absolute Gasteiger partial charge is 0.0446 e. The van der Waals surface area contributed by atoms with Crippen LogP contribution in [0, 0.1) is 11.3 Å². The van der Waals surface area contributed by atoms with E-state index >= 15 is 0 Å². The van der Waals surface area contributed by atoms with E-state index in [4.69, 9.17) is 0 Å². The minimum absolute atomic E-state index is 0.837. The molecule has 1 rings (SSSR count). The summed E-state index contributed by atoms with van der Waals surface area (Å²) in [5.41, 5.74) is 0. The first-order valence-corrected chi connectivity index (χ1v) is 5.84. The van der Waals surface area contributed by atoms with Gasteiger partial charge in [-0.05, 0) is 24.6 Å². The van der Waals surface area contributed by atoms with Crippen LogP contribution in [0.25, 0.3) is 0 Å². The molecule has 1 radical (unpaired) electrons. The molecule has 0 aliphatic rings. The van der Waals surface area contributed by atoms with Crippen LogP contribution < -0.4 is 5.32 Å². The highest BCUT2D eigenvalue weighted by atomic mass is 32.1. The summed E-state index contributed by atoms with van der Waals surface area (Å²) in [7, 11) is 0. The van der Waals surface area contributed by atoms with Gasteiger partial charge in [-0.15, -0.1) is 11.3 Å². The molecule has 1 nitrogen and oxygen atoms in total. The zero-order valence-corrected chi connectivity index (χ0v) is 9.29. The van der Waals surface area contributed by atoms with Gasteiger partial charge >= 0.3 is 0 Å². The monoisotopic (exact) mass is 196 g/mol. The first-order chi connectivity index (χ1) is 6.36. The summed E-state index contributed by atoms with van der Waals surface area (Å²) in [6.07, 6.45) is 2.56. The number of thiophene rings is 1. The lowest BCUT2D eigenvalue weighted by Gasteiger charge is -2.12. The molecule has 0 aliphatic carbocycles. The fourth-order valence-corrected chi connectivity index (χ4v) is 1.94. The van der Waals surface area contributed by atoms with E-state index in [0.29, 0.717) is 0 Å². The average molecular weight is 196 g/mol. The molecular formula is C11H18NS. The van der Waals surface area contributed by atoms with Gasteiger partial charge in [-0.25, -0.2) is 0 Å². The highest BCUT2D eigenvalue weighted by molar-refractivity contribution is 7.09. The first kappa shape index (κ1) is 10.7. The Morgan fingerprint density at radius 2 is 2.23 bits per heavy atom. The summed E-state index contributed by atoms with van der Waals surface area (Å²) in [6.45, 7) is 6.67. The van der Waals surface area contributed by atoms with Crippen LogP contribution in [-0.4, -0.2) is 6.54 Å². The lowest BCUT2D eigenvalue weighted by atomic mass is 10.0. The van der Waals surface area contributed by atoms with Crippen molar-refractivity contribution < 1.29 is 0 Å². The lowest BCUT2D eigenvalue weighted by molar-refractivity contribution is 0.450. The Kier molecular flexibility index (Phi) is 5.09. The van der Waals surface area contributed by atoms with Crippen molar-refractivity contribution in [2.45, 2.75) is 33.2 Å². The summed E-state index contributed by atoms with van der Waals surface area (Å²) in [5.74, 6) is 0.837. The highest BCUT2D eigenvalue weighted by Gasteiger charge is 2.02. The van der Waals surface area contributed by atoms with Gasteiger partial charge in [-0.2, -0.15) is 0 Å². The molecule has 0 unspecified atom stereocenters. The first-order valence-electron chi connectivity index (χ1n) is 5.02. The minimum Gasteiger partial charge on any atom is -0.312 e. The fraction of sp³-hybridized carbons (Fsp3) is 0.636. The van der Waals surface area contributed by atoms with Crippen molar-refractivity contribution in [3.05, 3.63) is 22.4 Å². The van der Waals surface area contributed by atoms with Crippen molar-refractivity contribution >= 4 is 11.3 Å². The van der Waals surface area contributed by atoms with Gasteiger partial charge in [0.15, 0.2) is 0 Å². The van der Waals surface area contributed by atoms with Crippen molar-refractivity contribution in [3.8, 4) is 0 Å². The Morgan fingerprint density at radius 3 is 2.77 bits per heavy atom. The van der Waals surface area contributed by atoms with Gasteiger partial charge in [-0.1, -0.05) is 26.7 Å². The fourth-order valence-electron chi connectivity index (χ4n) is 1.34. The standard InChI is InChI=1S/C11H18NS/c1-3-10(4-2)8-12-9-11-6-5-7-13-11/h5-6,10,12H,3-4,8-9H2,1-2H3. The van der Waals surface area contributed by atoms with Crippen LogP contribution in [-0.2, 0) is 6.54 Å². The Balaban J connectivity index is 2.13. The van der Waals surface area contributed by atoms with Gasteiger partial charge in [0.1, 0.15) is 0 Å². The third-order valence-electron chi connectivity index (χ3n) is 2.41. The predicted octanol–water partition coefficient (Wildman–Crippen LogP) is 3.07. The van der Waals surface area contributed by atoms with Crippen LogP contribution in [0.3, 0.4) is 0 Å². The molecule has 1 aromatic heterocycles. The predicted molar refractivity (Wildman–Crippen MR) is 58.9 cm³/mol. The average Bonchev–Trinajstić information content (AvgIpc) is 2.65. The maximum atomic E-state index is 3.48. The Labute approximate surface area is 85.2 Å². The van der Waals surface area contributed by atoms with Gasteiger partial charge in [0.25, 0.3) is 0 Å². The molecule has 0 fully saturated rings. The van der Waals surface area contributed by atoms with Gasteiger partial charge in [0.05, 0.1) is 0 Å². The second-order valence-electron chi connectivity index (χ2n) is 3.33. The van der Waals surface area contributed by atoms with E-state index in [1.165, 1.54) is 17.7 Å². The summed E-state index contributed by atoms with van der Waals surface area (Å²) in [6, 6.07) is 4.11. The second kappa shape index (κ2) is 6.17. The van der Waals surface area contributed by atoms with Gasteiger partial charge in [0.2, 0.25) is 0 Å². The highest BCUT2D eigenvalue weighted by Crippen LogP contribution is 2.08. The van der Waals surface area contributed by atoms with Crippen molar-refractivity contribution in [1.29, 1.82) is 0 Å². The van der Waals surface area contributed by atoms with Gasteiger partial charge < -0.3 is 5.32 Å². The Morgan fingerprint density at radius 1 is 1.46 bits per heavy atom. The maximum Gasteiger partial charge on any atom is 0.0446 e. The molecule has 0 aliphatic heterocycles. The molecule has 0 amide bonds. The Hall–Kier alpha value is -0.340. The largest absolute Gasteiger partial charge is 0.312 e. The summed E-state index contributed by atoms with van der Waals surface area (Å²) >= 11 is 1.70. The lowest BCUT2D eigenvalue weighted by Crippen LogP contribution is -2.21. The maximum absolute atomic E-state index is 3.48. The summed E-state index contributed by atoms with van der Waals surface area (Å²) in [4.78, 5) is 1.38. The van der Waals surface area contributed by atoms with E-state index in [0.717, 1.165) is 19.0 Å². The second-order valence-corrected chi connectivity index (χ2v) is 4.30. The van der Waals surface area contributed by atoms with E-state index in [-0.39, 0.29) is 0 Å². The minimum atomic E-state index is 0.837. The molecule has 1 aromatic rings. The number of nitrogens with one attached hydrogen (secondary N) is 1. The van der Waals surface area contributed by atoms with Crippen LogP contribution in [0.1, 0.15) is 31.6 Å². The molecule has 0 atom stereocenters. The van der Waals surface area contributed by atoms with Crippen molar-refractivity contribution in [2.75, 3.05) is 6.54 Å². The van der Waals surface area contributed by atoms with Crippen LogP contribution in [0.15, 0.2) is 12.1 Å². The Bertz CT molecular complexity index is 202. The van der Waals surface area contributed by atoms with E-state index in [1.807, 2.05) is 6.07 Å². The number of hydrogen-bond donors (Lipinski definition) is 1. The van der Waals surface area contributed by atoms with E-state index in [2.05, 4.69) is 30.6 Å². The molecule has 0 bridgehead atoms. The summed E-state index contributed by atoms with van der Waals surface area (Å²) < 4.78 is 0. The summed E-state index contributed by atoms with van der Waals surface area (Å²) in [5, 5.41) is 6.58. The topological polar surface area (TPSA) is 12.0 Å². The number of hydrogen-bond acceptors (Lipinski definition) is 2. The number of rotatable bonds is 6. The third kappa shape index (κ3) is 3.92. The molecule has 1 N–H and O–H groups in total. The molecule has 1 heterocycles.